The van der Waals surface area contributed by atoms with E-state index >= 15 is 0 Å². The number of anilines is 1. The molecule has 0 atom stereocenters. The standard InChI is InChI=1S/C13H13N3O4/c1-19-12(17)8-20-13(18)11-5-6-16(15-11)10-4-2-3-9(14)7-10/h2-7H,8,14H2,1H3. The average molecular weight is 275 g/mol. The Balaban J connectivity index is 2.09. The van der Waals surface area contributed by atoms with Crippen LogP contribution in [0.4, 0.5) is 5.69 Å². The van der Waals surface area contributed by atoms with Crippen LogP contribution in [0.25, 0.3) is 5.69 Å². The number of aromatic nitrogens is 2. The van der Waals surface area contributed by atoms with Gasteiger partial charge in [-0.15, -0.1) is 0 Å². The molecule has 0 aliphatic carbocycles. The number of rotatable bonds is 4. The van der Waals surface area contributed by atoms with Gasteiger partial charge in [0.1, 0.15) is 0 Å². The molecule has 0 saturated heterocycles. The molecule has 20 heavy (non-hydrogen) atoms. The summed E-state index contributed by atoms with van der Waals surface area (Å²) in [6.07, 6.45) is 1.60. The van der Waals surface area contributed by atoms with E-state index in [1.807, 2.05) is 0 Å². The lowest BCUT2D eigenvalue weighted by atomic mass is 10.3. The molecule has 0 amide bonds. The van der Waals surface area contributed by atoms with Gasteiger partial charge in [-0.2, -0.15) is 5.10 Å². The third kappa shape index (κ3) is 3.14. The van der Waals surface area contributed by atoms with Gasteiger partial charge < -0.3 is 15.2 Å². The largest absolute Gasteiger partial charge is 0.466 e. The zero-order valence-corrected chi connectivity index (χ0v) is 10.8. The Bertz CT molecular complexity index is 636. The third-order valence-corrected chi connectivity index (χ3v) is 2.48. The molecular weight excluding hydrogens is 262 g/mol. The zero-order valence-electron chi connectivity index (χ0n) is 10.8. The van der Waals surface area contributed by atoms with Crippen LogP contribution in [0.3, 0.4) is 0 Å². The zero-order chi connectivity index (χ0) is 14.5. The molecule has 2 N–H and O–H groups in total. The van der Waals surface area contributed by atoms with Crippen LogP contribution in [-0.2, 0) is 14.3 Å². The van der Waals surface area contributed by atoms with Gasteiger partial charge in [-0.05, 0) is 24.3 Å². The summed E-state index contributed by atoms with van der Waals surface area (Å²) in [5, 5.41) is 4.06. The number of hydrogen-bond acceptors (Lipinski definition) is 6. The Kier molecular flexibility index (Phi) is 3.99. The Hall–Kier alpha value is -2.83. The van der Waals surface area contributed by atoms with Gasteiger partial charge in [-0.3, -0.25) is 0 Å². The predicted molar refractivity (Wildman–Crippen MR) is 70.3 cm³/mol. The van der Waals surface area contributed by atoms with Gasteiger partial charge in [0.2, 0.25) is 0 Å². The summed E-state index contributed by atoms with van der Waals surface area (Å²) in [6, 6.07) is 8.53. The van der Waals surface area contributed by atoms with Gasteiger partial charge in [-0.1, -0.05) is 6.07 Å². The molecule has 1 aromatic carbocycles. The fourth-order valence-corrected chi connectivity index (χ4v) is 1.50. The van der Waals surface area contributed by atoms with E-state index in [4.69, 9.17) is 10.5 Å². The fraction of sp³-hybridized carbons (Fsp3) is 0.154. The SMILES string of the molecule is COC(=O)COC(=O)c1ccn(-c2cccc(N)c2)n1. The predicted octanol–water partition coefficient (Wildman–Crippen LogP) is 0.784. The number of carbonyl (C=O) groups excluding carboxylic acids is 2. The van der Waals surface area contributed by atoms with Crippen molar-refractivity contribution < 1.29 is 19.1 Å². The quantitative estimate of drug-likeness (QED) is 0.654. The highest BCUT2D eigenvalue weighted by molar-refractivity contribution is 5.88. The smallest absolute Gasteiger partial charge is 0.359 e. The number of esters is 2. The number of hydrogen-bond donors (Lipinski definition) is 1. The average Bonchev–Trinajstić information content (AvgIpc) is 2.94. The van der Waals surface area contributed by atoms with Crippen LogP contribution in [0.1, 0.15) is 10.5 Å². The molecule has 0 bridgehead atoms. The number of methoxy groups -OCH3 is 1. The van der Waals surface area contributed by atoms with E-state index in [1.54, 1.807) is 30.5 Å². The first kappa shape index (κ1) is 13.6. The van der Waals surface area contributed by atoms with Crippen molar-refractivity contribution in [3.05, 3.63) is 42.2 Å². The number of nitrogens with zero attached hydrogens (tertiary/aromatic N) is 2. The first-order chi connectivity index (χ1) is 9.60. The van der Waals surface area contributed by atoms with Crippen molar-refractivity contribution >= 4 is 17.6 Å². The molecule has 2 rings (SSSR count). The summed E-state index contributed by atoms with van der Waals surface area (Å²) in [5.41, 5.74) is 7.08. The minimum Gasteiger partial charge on any atom is -0.466 e. The van der Waals surface area contributed by atoms with Crippen LogP contribution in [0.5, 0.6) is 0 Å². The highest BCUT2D eigenvalue weighted by atomic mass is 16.6. The number of ether oxygens (including phenoxy) is 2. The molecule has 0 unspecified atom stereocenters. The Labute approximate surface area is 114 Å². The summed E-state index contributed by atoms with van der Waals surface area (Å²) in [4.78, 5) is 22.5. The van der Waals surface area contributed by atoms with E-state index in [0.29, 0.717) is 5.69 Å². The summed E-state index contributed by atoms with van der Waals surface area (Å²) in [7, 11) is 1.21. The molecule has 0 fully saturated rings. The molecule has 0 aliphatic rings. The highest BCUT2D eigenvalue weighted by Gasteiger charge is 2.13. The van der Waals surface area contributed by atoms with Gasteiger partial charge in [0.15, 0.2) is 12.3 Å². The Morgan fingerprint density at radius 1 is 1.35 bits per heavy atom. The summed E-state index contributed by atoms with van der Waals surface area (Å²) in [5.74, 6) is -1.33. The molecule has 0 saturated carbocycles. The van der Waals surface area contributed by atoms with Crippen LogP contribution in [0.15, 0.2) is 36.5 Å². The van der Waals surface area contributed by atoms with Gasteiger partial charge in [-0.25, -0.2) is 14.3 Å². The second kappa shape index (κ2) is 5.87. The van der Waals surface area contributed by atoms with Crippen molar-refractivity contribution in [2.75, 3.05) is 19.5 Å². The molecule has 104 valence electrons. The summed E-state index contributed by atoms with van der Waals surface area (Å²) in [6.45, 7) is -0.444. The topological polar surface area (TPSA) is 96.4 Å². The van der Waals surface area contributed by atoms with Crippen molar-refractivity contribution in [3.8, 4) is 5.69 Å². The van der Waals surface area contributed by atoms with E-state index in [0.717, 1.165) is 5.69 Å². The van der Waals surface area contributed by atoms with E-state index in [9.17, 15) is 9.59 Å². The Morgan fingerprint density at radius 2 is 2.15 bits per heavy atom. The van der Waals surface area contributed by atoms with Crippen molar-refractivity contribution in [1.82, 2.24) is 9.78 Å². The fourth-order valence-electron chi connectivity index (χ4n) is 1.50. The molecule has 0 radical (unpaired) electrons. The molecule has 7 nitrogen and oxygen atoms in total. The van der Waals surface area contributed by atoms with Gasteiger partial charge in [0.25, 0.3) is 0 Å². The van der Waals surface area contributed by atoms with Crippen molar-refractivity contribution in [2.45, 2.75) is 0 Å². The van der Waals surface area contributed by atoms with Crippen molar-refractivity contribution in [2.24, 2.45) is 0 Å². The van der Waals surface area contributed by atoms with Crippen LogP contribution in [0.2, 0.25) is 0 Å². The summed E-state index contributed by atoms with van der Waals surface area (Å²) >= 11 is 0. The van der Waals surface area contributed by atoms with Crippen LogP contribution in [-0.4, -0.2) is 35.4 Å². The molecule has 0 aliphatic heterocycles. The minimum absolute atomic E-state index is 0.0938. The van der Waals surface area contributed by atoms with Gasteiger partial charge in [0, 0.05) is 11.9 Å². The molecule has 2 aromatic rings. The minimum atomic E-state index is -0.696. The normalized spacial score (nSPS) is 10.1. The van der Waals surface area contributed by atoms with E-state index in [1.165, 1.54) is 17.9 Å². The lowest BCUT2D eigenvalue weighted by Crippen LogP contribution is -2.15. The molecule has 1 heterocycles. The maximum absolute atomic E-state index is 11.6. The maximum Gasteiger partial charge on any atom is 0.359 e. The maximum atomic E-state index is 11.6. The van der Waals surface area contributed by atoms with Crippen molar-refractivity contribution in [3.63, 3.8) is 0 Å². The molecule has 1 aromatic heterocycles. The summed E-state index contributed by atoms with van der Waals surface area (Å²) < 4.78 is 10.6. The molecule has 7 heteroatoms. The highest BCUT2D eigenvalue weighted by Crippen LogP contribution is 2.12. The van der Waals surface area contributed by atoms with E-state index < -0.39 is 18.5 Å². The van der Waals surface area contributed by atoms with Crippen LogP contribution >= 0.6 is 0 Å². The number of nitrogens with two attached hydrogens (primary N) is 1. The van der Waals surface area contributed by atoms with E-state index in [2.05, 4.69) is 9.84 Å². The van der Waals surface area contributed by atoms with Crippen molar-refractivity contribution in [1.29, 1.82) is 0 Å². The van der Waals surface area contributed by atoms with Crippen LogP contribution in [0, 0.1) is 0 Å². The number of benzene rings is 1. The second-order valence-electron chi connectivity index (χ2n) is 3.89. The van der Waals surface area contributed by atoms with Gasteiger partial charge in [0.05, 0.1) is 12.8 Å². The number of carbonyl (C=O) groups is 2. The molecular formula is C13H13N3O4. The number of nitrogen functional groups attached to an aromatic ring is 1. The van der Waals surface area contributed by atoms with E-state index in [-0.39, 0.29) is 5.69 Å². The third-order valence-electron chi connectivity index (χ3n) is 2.48. The first-order valence-corrected chi connectivity index (χ1v) is 5.75. The molecule has 0 spiro atoms. The van der Waals surface area contributed by atoms with Gasteiger partial charge >= 0.3 is 11.9 Å². The monoisotopic (exact) mass is 275 g/mol. The lowest BCUT2D eigenvalue weighted by molar-refractivity contribution is -0.144. The first-order valence-electron chi connectivity index (χ1n) is 5.75. The second-order valence-corrected chi connectivity index (χ2v) is 3.89. The van der Waals surface area contributed by atoms with Crippen LogP contribution < -0.4 is 5.73 Å². The lowest BCUT2D eigenvalue weighted by Gasteiger charge is -2.02. The Morgan fingerprint density at radius 3 is 2.85 bits per heavy atom.